The molecule has 0 bridgehead atoms. The Hall–Kier alpha value is -0.491. The molecule has 0 radical (unpaired) electrons. The molecule has 0 aliphatic rings. The zero-order chi connectivity index (χ0) is 9.94. The van der Waals surface area contributed by atoms with Gasteiger partial charge in [0.25, 0.3) is 0 Å². The maximum atomic E-state index is 4.64. The fourth-order valence-corrected chi connectivity index (χ4v) is 0.791. The molecule has 0 unspecified atom stereocenters. The SMILES string of the molecule is CCl.C[c-]1cccc1.[Fe].[cH-]1[cH-][cH-][cH-][cH-]1. The quantitative estimate of drug-likeness (QED) is 0.377. The Kier molecular flexibility index (Phi) is 14.3. The van der Waals surface area contributed by atoms with Gasteiger partial charge in [0.1, 0.15) is 0 Å². The van der Waals surface area contributed by atoms with Crippen molar-refractivity contribution in [3.63, 3.8) is 0 Å². The summed E-state index contributed by atoms with van der Waals surface area (Å²) in [5.41, 5.74) is 1.34. The first-order valence-corrected chi connectivity index (χ1v) is 4.88. The van der Waals surface area contributed by atoms with Crippen molar-refractivity contribution in [2.24, 2.45) is 0 Å². The maximum Gasteiger partial charge on any atom is 0.0108 e. The molecular weight excluding hydrogens is 235 g/mol. The minimum Gasteiger partial charge on any atom is -0.748 e. The van der Waals surface area contributed by atoms with Crippen molar-refractivity contribution < 1.29 is 17.1 Å². The summed E-state index contributed by atoms with van der Waals surface area (Å²) < 4.78 is 0. The molecule has 0 saturated heterocycles. The molecule has 0 heterocycles. The van der Waals surface area contributed by atoms with E-state index in [0.29, 0.717) is 0 Å². The molecule has 14 heavy (non-hydrogen) atoms. The summed E-state index contributed by atoms with van der Waals surface area (Å²) in [6.45, 7) is 2.08. The van der Waals surface area contributed by atoms with Gasteiger partial charge < -0.3 is 30.3 Å². The third-order valence-electron chi connectivity index (χ3n) is 1.38. The van der Waals surface area contributed by atoms with E-state index in [1.54, 1.807) is 0 Å². The van der Waals surface area contributed by atoms with Crippen LogP contribution >= 0.6 is 11.6 Å². The van der Waals surface area contributed by atoms with Gasteiger partial charge in [-0.25, -0.2) is 12.1 Å². The Morgan fingerprint density at radius 1 is 0.857 bits per heavy atom. The fourth-order valence-electron chi connectivity index (χ4n) is 0.791. The van der Waals surface area contributed by atoms with Crippen LogP contribution in [0.2, 0.25) is 0 Å². The Morgan fingerprint density at radius 2 is 1.14 bits per heavy atom. The second-order valence-electron chi connectivity index (χ2n) is 2.42. The molecule has 2 heteroatoms. The molecule has 2 aromatic rings. The molecule has 0 N–H and O–H groups in total. The molecule has 0 nitrogen and oxygen atoms in total. The summed E-state index contributed by atoms with van der Waals surface area (Å²) >= 11 is 4.64. The van der Waals surface area contributed by atoms with E-state index >= 15 is 0 Å². The van der Waals surface area contributed by atoms with Gasteiger partial charge in [-0.1, -0.05) is 6.92 Å². The van der Waals surface area contributed by atoms with Gasteiger partial charge in [-0.3, -0.25) is 0 Å². The average Bonchev–Trinajstić information content (AvgIpc) is 2.81. The van der Waals surface area contributed by atoms with Crippen LogP contribution in [-0.4, -0.2) is 6.38 Å². The van der Waals surface area contributed by atoms with Crippen LogP contribution in [0.15, 0.2) is 54.6 Å². The first-order chi connectivity index (χ1) is 6.39. The molecule has 0 spiro atoms. The van der Waals surface area contributed by atoms with Gasteiger partial charge in [0.05, 0.1) is 0 Å². The monoisotopic (exact) mass is 250 g/mol. The molecule has 0 saturated carbocycles. The van der Waals surface area contributed by atoms with E-state index in [0.717, 1.165) is 0 Å². The maximum absolute atomic E-state index is 4.64. The second-order valence-corrected chi connectivity index (χ2v) is 2.42. The zero-order valence-electron chi connectivity index (χ0n) is 8.43. The Morgan fingerprint density at radius 3 is 1.29 bits per heavy atom. The van der Waals surface area contributed by atoms with Crippen molar-refractivity contribution in [3.8, 4) is 0 Å². The molecule has 2 aromatic carbocycles. The van der Waals surface area contributed by atoms with Crippen molar-refractivity contribution in [2.75, 3.05) is 6.38 Å². The number of alkyl halides is 1. The molecule has 0 aliphatic heterocycles. The minimum absolute atomic E-state index is 0. The van der Waals surface area contributed by atoms with Gasteiger partial charge >= 0.3 is 0 Å². The van der Waals surface area contributed by atoms with Crippen LogP contribution < -0.4 is 0 Å². The molecule has 2 rings (SSSR count). The van der Waals surface area contributed by atoms with Crippen molar-refractivity contribution in [1.29, 1.82) is 0 Å². The van der Waals surface area contributed by atoms with Crippen LogP contribution in [0.5, 0.6) is 0 Å². The predicted molar refractivity (Wildman–Crippen MR) is 60.6 cm³/mol. The summed E-state index contributed by atoms with van der Waals surface area (Å²) in [4.78, 5) is 0. The first-order valence-electron chi connectivity index (χ1n) is 4.12. The first kappa shape index (κ1) is 16.0. The van der Waals surface area contributed by atoms with Gasteiger partial charge in [0, 0.05) is 23.5 Å². The van der Waals surface area contributed by atoms with Crippen LogP contribution in [0.3, 0.4) is 0 Å². The molecular formula is C12H15ClFe-6. The van der Waals surface area contributed by atoms with Crippen LogP contribution in [0.4, 0.5) is 0 Å². The summed E-state index contributed by atoms with van der Waals surface area (Å²) in [6, 6.07) is 18.2. The molecule has 0 aromatic heterocycles. The largest absolute Gasteiger partial charge is 0.748 e. The number of rotatable bonds is 0. The van der Waals surface area contributed by atoms with Gasteiger partial charge in [-0.05, 0) is 0 Å². The van der Waals surface area contributed by atoms with E-state index in [9.17, 15) is 0 Å². The number of aryl methyl sites for hydroxylation is 1. The van der Waals surface area contributed by atoms with E-state index < -0.39 is 0 Å². The van der Waals surface area contributed by atoms with Crippen molar-refractivity contribution in [2.45, 2.75) is 6.92 Å². The molecule has 84 valence electrons. The van der Waals surface area contributed by atoms with Gasteiger partial charge in [-0.2, -0.15) is 17.7 Å². The number of halogens is 1. The van der Waals surface area contributed by atoms with Crippen molar-refractivity contribution in [3.05, 3.63) is 60.2 Å². The predicted octanol–water partition coefficient (Wildman–Crippen LogP) is 3.97. The van der Waals surface area contributed by atoms with Crippen LogP contribution in [0, 0.1) is 6.92 Å². The second kappa shape index (κ2) is 12.5. The third kappa shape index (κ3) is 9.60. The standard InChI is InChI=1S/C6H7.C5H5.CH3Cl.Fe/c1-6-4-2-3-5-6;1-2-4-5-3-1;1-2;/h2-5H,1H3;1-5H;1H3;/q-1;-5;;. The topological polar surface area (TPSA) is 0 Å². The molecule has 0 aliphatic carbocycles. The number of hydrogen-bond acceptors (Lipinski definition) is 0. The smallest absolute Gasteiger partial charge is 0.0108 e. The van der Waals surface area contributed by atoms with E-state index in [1.165, 1.54) is 11.9 Å². The Balaban J connectivity index is 0. The zero-order valence-corrected chi connectivity index (χ0v) is 10.3. The molecule has 0 atom stereocenters. The van der Waals surface area contributed by atoms with Crippen molar-refractivity contribution >= 4 is 11.6 Å². The molecule has 0 fully saturated rings. The molecule has 0 amide bonds. The summed E-state index contributed by atoms with van der Waals surface area (Å²) in [6.07, 6.45) is 1.47. The van der Waals surface area contributed by atoms with E-state index in [1.807, 2.05) is 42.5 Å². The van der Waals surface area contributed by atoms with E-state index in [-0.39, 0.29) is 17.1 Å². The minimum atomic E-state index is 0. The Bertz CT molecular complexity index is 228. The van der Waals surface area contributed by atoms with Gasteiger partial charge in [0.15, 0.2) is 0 Å². The average molecular weight is 251 g/mol. The normalized spacial score (nSPS) is 7.07. The van der Waals surface area contributed by atoms with E-state index in [2.05, 4.69) is 30.7 Å². The van der Waals surface area contributed by atoms with Crippen LogP contribution in [0.25, 0.3) is 0 Å². The van der Waals surface area contributed by atoms with E-state index in [4.69, 9.17) is 0 Å². The summed E-state index contributed by atoms with van der Waals surface area (Å²) in [5, 5.41) is 0. The number of hydrogen-bond donors (Lipinski definition) is 0. The third-order valence-corrected chi connectivity index (χ3v) is 1.38. The summed E-state index contributed by atoms with van der Waals surface area (Å²) in [7, 11) is 0. The Labute approximate surface area is 102 Å². The van der Waals surface area contributed by atoms with Gasteiger partial charge in [0.2, 0.25) is 0 Å². The van der Waals surface area contributed by atoms with Crippen molar-refractivity contribution in [1.82, 2.24) is 0 Å². The van der Waals surface area contributed by atoms with Crippen LogP contribution in [0.1, 0.15) is 5.56 Å². The summed E-state index contributed by atoms with van der Waals surface area (Å²) in [5.74, 6) is 0. The van der Waals surface area contributed by atoms with Crippen LogP contribution in [-0.2, 0) is 17.1 Å². The fraction of sp³-hybridized carbons (Fsp3) is 0.167. The van der Waals surface area contributed by atoms with Gasteiger partial charge in [-0.15, -0.1) is 11.6 Å².